The van der Waals surface area contributed by atoms with Gasteiger partial charge in [-0.05, 0) is 42.8 Å². The van der Waals surface area contributed by atoms with E-state index in [0.29, 0.717) is 42.2 Å². The van der Waals surface area contributed by atoms with Crippen LogP contribution in [-0.4, -0.2) is 36.4 Å². The second-order valence-electron chi connectivity index (χ2n) is 8.14. The predicted octanol–water partition coefficient (Wildman–Crippen LogP) is 4.09. The number of fused-ring (bicyclic) bond motifs is 1. The SMILES string of the molecule is CCOC(=O)CCn1c(Cc2ccc(C(=N)N)cc2)nc2cc(NS(=O)(=O)c3ccccc3)ccc21.Cl. The molecule has 37 heavy (non-hydrogen) atoms. The zero-order valence-corrected chi connectivity index (χ0v) is 21.8. The first-order chi connectivity index (χ1) is 17.3. The number of amidine groups is 1. The maximum atomic E-state index is 12.8. The summed E-state index contributed by atoms with van der Waals surface area (Å²) in [4.78, 5) is 17.0. The number of aryl methyl sites for hydroxylation is 1. The Labute approximate surface area is 221 Å². The number of nitrogens with zero attached hydrogens (tertiary/aromatic N) is 2. The van der Waals surface area contributed by atoms with E-state index in [1.807, 2.05) is 16.7 Å². The molecule has 11 heteroatoms. The van der Waals surface area contributed by atoms with E-state index in [-0.39, 0.29) is 35.5 Å². The molecule has 0 aliphatic carbocycles. The second-order valence-corrected chi connectivity index (χ2v) is 9.83. The molecule has 0 aliphatic heterocycles. The molecule has 0 atom stereocenters. The molecular weight excluding hydrogens is 514 g/mol. The molecule has 9 nitrogen and oxygen atoms in total. The number of hydrogen-bond donors (Lipinski definition) is 3. The average Bonchev–Trinajstić information content (AvgIpc) is 3.19. The van der Waals surface area contributed by atoms with Crippen molar-refractivity contribution in [3.63, 3.8) is 0 Å². The van der Waals surface area contributed by atoms with Gasteiger partial charge in [0.05, 0.1) is 34.6 Å². The molecule has 0 radical (unpaired) electrons. The summed E-state index contributed by atoms with van der Waals surface area (Å²) in [5.41, 5.74) is 8.90. The highest BCUT2D eigenvalue weighted by molar-refractivity contribution is 7.92. The van der Waals surface area contributed by atoms with Crippen LogP contribution in [0.3, 0.4) is 0 Å². The first-order valence-electron chi connectivity index (χ1n) is 11.4. The van der Waals surface area contributed by atoms with Crippen LogP contribution in [-0.2, 0) is 32.5 Å². The number of carbonyl (C=O) groups is 1. The third kappa shape index (κ3) is 6.66. The highest BCUT2D eigenvalue weighted by Gasteiger charge is 2.17. The van der Waals surface area contributed by atoms with Gasteiger partial charge in [-0.25, -0.2) is 13.4 Å². The Bertz CT molecular complexity index is 1500. The minimum absolute atomic E-state index is 0. The molecule has 194 valence electrons. The molecule has 1 aromatic heterocycles. The molecule has 0 spiro atoms. The van der Waals surface area contributed by atoms with Crippen LogP contribution >= 0.6 is 12.4 Å². The second kappa shape index (κ2) is 11.9. The standard InChI is InChI=1S/C26H27N5O4S.ClH/c1-2-35-25(32)14-15-31-23-13-12-20(30-36(33,34)21-6-4-3-5-7-21)17-22(23)29-24(31)16-18-8-10-19(11-9-18)26(27)28;/h3-13,17,30H,2,14-16H2,1H3,(H3,27,28);1H. The molecule has 4 N–H and O–H groups in total. The van der Waals surface area contributed by atoms with E-state index in [1.165, 1.54) is 12.1 Å². The van der Waals surface area contributed by atoms with E-state index in [1.54, 1.807) is 55.5 Å². The fourth-order valence-electron chi connectivity index (χ4n) is 3.86. The van der Waals surface area contributed by atoms with Crippen molar-refractivity contribution in [3.05, 3.63) is 89.7 Å². The summed E-state index contributed by atoms with van der Waals surface area (Å²) in [5, 5.41) is 7.57. The Balaban J connectivity index is 0.00000380. The molecule has 0 fully saturated rings. The molecular formula is C26H28ClN5O4S. The van der Waals surface area contributed by atoms with Crippen molar-refractivity contribution in [1.82, 2.24) is 9.55 Å². The Morgan fingerprint density at radius 3 is 2.43 bits per heavy atom. The molecule has 0 bridgehead atoms. The lowest BCUT2D eigenvalue weighted by molar-refractivity contribution is -0.143. The van der Waals surface area contributed by atoms with Crippen LogP contribution in [0.25, 0.3) is 11.0 Å². The van der Waals surface area contributed by atoms with Crippen molar-refractivity contribution < 1.29 is 17.9 Å². The number of halogens is 1. The first kappa shape index (κ1) is 27.7. The molecule has 0 amide bonds. The molecule has 3 aromatic carbocycles. The van der Waals surface area contributed by atoms with E-state index in [9.17, 15) is 13.2 Å². The third-order valence-electron chi connectivity index (χ3n) is 5.61. The van der Waals surface area contributed by atoms with E-state index in [4.69, 9.17) is 20.9 Å². The van der Waals surface area contributed by atoms with E-state index < -0.39 is 10.0 Å². The molecule has 0 aliphatic rings. The minimum Gasteiger partial charge on any atom is -0.466 e. The molecule has 0 unspecified atom stereocenters. The van der Waals surface area contributed by atoms with Crippen molar-refractivity contribution in [1.29, 1.82) is 5.41 Å². The first-order valence-corrected chi connectivity index (χ1v) is 12.9. The number of aromatic nitrogens is 2. The summed E-state index contributed by atoms with van der Waals surface area (Å²) in [6.07, 6.45) is 0.652. The zero-order valence-electron chi connectivity index (χ0n) is 20.2. The van der Waals surface area contributed by atoms with Gasteiger partial charge in [0, 0.05) is 18.5 Å². The molecule has 0 saturated heterocycles. The van der Waals surface area contributed by atoms with Crippen molar-refractivity contribution >= 4 is 51.0 Å². The number of sulfonamides is 1. The van der Waals surface area contributed by atoms with Gasteiger partial charge in [0.15, 0.2) is 0 Å². The summed E-state index contributed by atoms with van der Waals surface area (Å²) in [7, 11) is -3.75. The predicted molar refractivity (Wildman–Crippen MR) is 146 cm³/mol. The molecule has 1 heterocycles. The number of hydrogen-bond acceptors (Lipinski definition) is 6. The smallest absolute Gasteiger partial charge is 0.307 e. The zero-order chi connectivity index (χ0) is 25.7. The van der Waals surface area contributed by atoms with Crippen LogP contribution in [0.5, 0.6) is 0 Å². The van der Waals surface area contributed by atoms with Gasteiger partial charge < -0.3 is 15.0 Å². The van der Waals surface area contributed by atoms with E-state index in [2.05, 4.69) is 4.72 Å². The largest absolute Gasteiger partial charge is 0.466 e. The number of nitrogens with two attached hydrogens (primary N) is 1. The van der Waals surface area contributed by atoms with Crippen LogP contribution in [0.1, 0.15) is 30.3 Å². The van der Waals surface area contributed by atoms with Crippen molar-refractivity contribution in [2.75, 3.05) is 11.3 Å². The van der Waals surface area contributed by atoms with E-state index >= 15 is 0 Å². The Hall–Kier alpha value is -3.89. The van der Waals surface area contributed by atoms with Crippen LogP contribution in [0.4, 0.5) is 5.69 Å². The number of nitrogens with one attached hydrogen (secondary N) is 2. The lowest BCUT2D eigenvalue weighted by Crippen LogP contribution is -2.13. The Morgan fingerprint density at radius 2 is 1.78 bits per heavy atom. The highest BCUT2D eigenvalue weighted by Crippen LogP contribution is 2.25. The number of carbonyl (C=O) groups excluding carboxylic acids is 1. The van der Waals surface area contributed by atoms with Gasteiger partial charge in [-0.1, -0.05) is 42.5 Å². The van der Waals surface area contributed by atoms with Crippen molar-refractivity contribution in [2.45, 2.75) is 31.2 Å². The maximum Gasteiger partial charge on any atom is 0.307 e. The third-order valence-corrected chi connectivity index (χ3v) is 7.00. The van der Waals surface area contributed by atoms with Gasteiger partial charge >= 0.3 is 5.97 Å². The molecule has 4 aromatic rings. The number of imidazole rings is 1. The fraction of sp³-hybridized carbons (Fsp3) is 0.192. The number of esters is 1. The summed E-state index contributed by atoms with van der Waals surface area (Å²) in [6, 6.07) is 20.6. The van der Waals surface area contributed by atoms with E-state index in [0.717, 1.165) is 11.1 Å². The summed E-state index contributed by atoms with van der Waals surface area (Å²) < 4.78 is 35.1. The monoisotopic (exact) mass is 541 g/mol. The lowest BCUT2D eigenvalue weighted by atomic mass is 10.1. The number of ether oxygens (including phenoxy) is 1. The van der Waals surface area contributed by atoms with Gasteiger partial charge in [0.25, 0.3) is 10.0 Å². The minimum atomic E-state index is -3.75. The van der Waals surface area contributed by atoms with Gasteiger partial charge in [-0.3, -0.25) is 14.9 Å². The topological polar surface area (TPSA) is 140 Å². The van der Waals surface area contributed by atoms with Crippen molar-refractivity contribution in [2.24, 2.45) is 5.73 Å². The number of nitrogen functional groups attached to an aromatic ring is 1. The Morgan fingerprint density at radius 1 is 1.08 bits per heavy atom. The highest BCUT2D eigenvalue weighted by atomic mass is 35.5. The molecule has 4 rings (SSSR count). The number of anilines is 1. The van der Waals surface area contributed by atoms with Crippen LogP contribution in [0.15, 0.2) is 77.7 Å². The van der Waals surface area contributed by atoms with Gasteiger partial charge in [0.1, 0.15) is 11.7 Å². The summed E-state index contributed by atoms with van der Waals surface area (Å²) >= 11 is 0. The molecule has 0 saturated carbocycles. The number of benzene rings is 3. The number of rotatable bonds is 10. The van der Waals surface area contributed by atoms with Crippen LogP contribution in [0, 0.1) is 5.41 Å². The van der Waals surface area contributed by atoms with Crippen molar-refractivity contribution in [3.8, 4) is 0 Å². The van der Waals surface area contributed by atoms with Gasteiger partial charge in [0.2, 0.25) is 0 Å². The van der Waals surface area contributed by atoms with Gasteiger partial charge in [-0.15, -0.1) is 12.4 Å². The maximum absolute atomic E-state index is 12.8. The lowest BCUT2D eigenvalue weighted by Gasteiger charge is -2.10. The van der Waals surface area contributed by atoms with Gasteiger partial charge in [-0.2, -0.15) is 0 Å². The normalized spacial score (nSPS) is 11.1. The average molecular weight is 542 g/mol. The van der Waals surface area contributed by atoms with Crippen LogP contribution in [0.2, 0.25) is 0 Å². The Kier molecular flexibility index (Phi) is 8.90. The summed E-state index contributed by atoms with van der Waals surface area (Å²) in [6.45, 7) is 2.44. The fourth-order valence-corrected chi connectivity index (χ4v) is 4.93. The van der Waals surface area contributed by atoms with Crippen LogP contribution < -0.4 is 10.5 Å². The summed E-state index contributed by atoms with van der Waals surface area (Å²) in [5.74, 6) is 0.407. The quantitative estimate of drug-likeness (QED) is 0.157.